The Hall–Kier alpha value is -3.51. The molecule has 0 spiro atoms. The van der Waals surface area contributed by atoms with Gasteiger partial charge in [0, 0.05) is 0 Å². The van der Waals surface area contributed by atoms with Crippen LogP contribution in [0.15, 0.2) is 18.5 Å². The number of anilines is 1. The number of carbonyl (C=O) groups is 2. The molecule has 0 bridgehead atoms. The Morgan fingerprint density at radius 2 is 2.03 bits per heavy atom. The summed E-state index contributed by atoms with van der Waals surface area (Å²) >= 11 is 0. The van der Waals surface area contributed by atoms with Gasteiger partial charge in [-0.3, -0.25) is 9.69 Å². The summed E-state index contributed by atoms with van der Waals surface area (Å²) in [6.07, 6.45) is -0.375. The summed E-state index contributed by atoms with van der Waals surface area (Å²) in [4.78, 5) is 30.1. The number of aromatic nitrogens is 3. The zero-order valence-electron chi connectivity index (χ0n) is 21.2. The number of likely N-dealkylation sites (N-methyl/N-ethyl adjacent to an activating group) is 1. The first-order valence-corrected chi connectivity index (χ1v) is 12.3. The van der Waals surface area contributed by atoms with Crippen LogP contribution in [0.3, 0.4) is 0 Å². The van der Waals surface area contributed by atoms with E-state index in [0.29, 0.717) is 11.9 Å². The molecule has 0 radical (unpaired) electrons. The molecule has 2 fully saturated rings. The van der Waals surface area contributed by atoms with Gasteiger partial charge in [-0.15, -0.1) is 0 Å². The Morgan fingerprint density at radius 3 is 2.66 bits per heavy atom. The van der Waals surface area contributed by atoms with Crippen molar-refractivity contribution in [1.82, 2.24) is 19.5 Å². The number of hydrogen-bond donors (Lipinski definition) is 4. The van der Waals surface area contributed by atoms with Crippen molar-refractivity contribution in [3.63, 3.8) is 0 Å². The lowest BCUT2D eigenvalue weighted by molar-refractivity contribution is -0.155. The second-order valence-corrected chi connectivity index (χ2v) is 10.0. The first kappa shape index (κ1) is 27.5. The molecular weight excluding hydrogens is 500 g/mol. The Labute approximate surface area is 218 Å². The van der Waals surface area contributed by atoms with E-state index in [1.807, 2.05) is 6.07 Å². The number of nitrogens with two attached hydrogens (primary N) is 1. The van der Waals surface area contributed by atoms with Crippen LogP contribution in [-0.4, -0.2) is 98.1 Å². The molecule has 14 nitrogen and oxygen atoms in total. The van der Waals surface area contributed by atoms with Crippen molar-refractivity contribution in [2.75, 3.05) is 33.0 Å². The molecule has 1 aliphatic heterocycles. The maximum atomic E-state index is 12.4. The number of carboxylic acid groups (broad SMARTS) is 1. The van der Waals surface area contributed by atoms with Gasteiger partial charge in [0.2, 0.25) is 5.60 Å². The zero-order chi connectivity index (χ0) is 27.7. The van der Waals surface area contributed by atoms with E-state index < -0.39 is 54.8 Å². The molecule has 14 heteroatoms. The van der Waals surface area contributed by atoms with E-state index in [4.69, 9.17) is 19.9 Å². The predicted molar refractivity (Wildman–Crippen MR) is 130 cm³/mol. The van der Waals surface area contributed by atoms with Crippen molar-refractivity contribution in [3.05, 3.63) is 24.2 Å². The number of ether oxygens (including phenoxy) is 3. The predicted octanol–water partition coefficient (Wildman–Crippen LogP) is 0.269. The minimum Gasteiger partial charge on any atom is -0.480 e. The van der Waals surface area contributed by atoms with Crippen LogP contribution in [0, 0.1) is 17.2 Å². The number of aliphatic carboxylic acids is 1. The second kappa shape index (κ2) is 10.7. The molecule has 5 N–H and O–H groups in total. The first-order chi connectivity index (χ1) is 18.1. The minimum atomic E-state index is -2.05. The normalized spacial score (nSPS) is 27.3. The summed E-state index contributed by atoms with van der Waals surface area (Å²) in [5, 5.41) is 45.4. The highest BCUT2D eigenvalue weighted by atomic mass is 16.7. The molecule has 4 rings (SSSR count). The number of hydrogen-bond acceptors (Lipinski definition) is 12. The Bertz CT molecular complexity index is 1220. The lowest BCUT2D eigenvalue weighted by atomic mass is 9.86. The third kappa shape index (κ3) is 4.73. The van der Waals surface area contributed by atoms with Gasteiger partial charge in [-0.05, 0) is 38.6 Å². The highest BCUT2D eigenvalue weighted by molar-refractivity contribution is 5.79. The van der Waals surface area contributed by atoms with Crippen LogP contribution in [0.1, 0.15) is 37.8 Å². The maximum Gasteiger partial charge on any atom is 0.508 e. The molecule has 2 aromatic rings. The van der Waals surface area contributed by atoms with Gasteiger partial charge < -0.3 is 35.3 Å². The lowest BCUT2D eigenvalue weighted by Gasteiger charge is -2.37. The SMILES string of the molecule is CN(C)C(COC(=O)OC[C@H]1O[C@@](C#N)(c2ccc3c(N)ncnn23)[C@H](O)[C@@H]1O)(CC1CCCC1)C(=O)O. The van der Waals surface area contributed by atoms with Crippen LogP contribution >= 0.6 is 0 Å². The van der Waals surface area contributed by atoms with E-state index in [0.717, 1.165) is 25.7 Å². The van der Waals surface area contributed by atoms with Gasteiger partial charge in [0.15, 0.2) is 11.4 Å². The Morgan fingerprint density at radius 1 is 1.32 bits per heavy atom. The fourth-order valence-corrected chi connectivity index (χ4v) is 5.32. The molecule has 1 saturated carbocycles. The first-order valence-electron chi connectivity index (χ1n) is 12.3. The van der Waals surface area contributed by atoms with Gasteiger partial charge in [-0.2, -0.15) is 10.4 Å². The summed E-state index contributed by atoms with van der Waals surface area (Å²) < 4.78 is 17.3. The number of carboxylic acids is 1. The van der Waals surface area contributed by atoms with Crippen molar-refractivity contribution in [2.45, 2.75) is 61.6 Å². The quantitative estimate of drug-likeness (QED) is 0.320. The average Bonchev–Trinajstić information content (AvgIpc) is 3.61. The highest BCUT2D eigenvalue weighted by Crippen LogP contribution is 2.40. The standard InChI is InChI=1S/C24H32N6O8/c1-29(2)23(21(33)34,9-14-5-3-4-6-14)12-37-22(35)36-10-16-18(31)19(32)24(11-25,38-16)17-8-7-15-20(26)27-13-28-30(15)17/h7-8,13-14,16,18-19,31-32H,3-6,9-10,12H2,1-2H3,(H,33,34)(H2,26,27,28)/t16-,18-,19-,23?,24+/m1/s1. The van der Waals surface area contributed by atoms with E-state index in [9.17, 15) is 30.2 Å². The van der Waals surface area contributed by atoms with E-state index in [2.05, 4.69) is 10.1 Å². The van der Waals surface area contributed by atoms with E-state index in [-0.39, 0.29) is 17.4 Å². The largest absolute Gasteiger partial charge is 0.508 e. The molecule has 0 amide bonds. The number of nitriles is 1. The monoisotopic (exact) mass is 532 g/mol. The summed E-state index contributed by atoms with van der Waals surface area (Å²) in [6, 6.07) is 4.90. The maximum absolute atomic E-state index is 12.4. The molecular formula is C24H32N6O8. The minimum absolute atomic E-state index is 0.102. The number of nitrogen functional groups attached to an aromatic ring is 1. The molecule has 206 valence electrons. The van der Waals surface area contributed by atoms with Gasteiger partial charge in [0.05, 0.1) is 5.69 Å². The van der Waals surface area contributed by atoms with Gasteiger partial charge in [-0.1, -0.05) is 25.7 Å². The number of rotatable bonds is 9. The molecule has 2 aliphatic rings. The van der Waals surface area contributed by atoms with E-state index in [1.165, 1.54) is 21.8 Å². The number of carbonyl (C=O) groups excluding carboxylic acids is 1. The van der Waals surface area contributed by atoms with Gasteiger partial charge in [0.1, 0.15) is 49.4 Å². The molecule has 2 aromatic heterocycles. The van der Waals surface area contributed by atoms with Gasteiger partial charge in [-0.25, -0.2) is 14.3 Å². The fraction of sp³-hybridized carbons (Fsp3) is 0.625. The Kier molecular flexibility index (Phi) is 7.75. The van der Waals surface area contributed by atoms with Crippen LogP contribution in [0.2, 0.25) is 0 Å². The van der Waals surface area contributed by atoms with Crippen molar-refractivity contribution < 1.29 is 39.1 Å². The van der Waals surface area contributed by atoms with Crippen LogP contribution in [0.5, 0.6) is 0 Å². The number of aliphatic hydroxyl groups is 2. The topological polar surface area (TPSA) is 206 Å². The molecule has 5 atom stereocenters. The third-order valence-corrected chi connectivity index (χ3v) is 7.64. The van der Waals surface area contributed by atoms with Crippen LogP contribution in [0.25, 0.3) is 5.52 Å². The summed E-state index contributed by atoms with van der Waals surface area (Å²) in [5.74, 6) is -0.762. The second-order valence-electron chi connectivity index (χ2n) is 10.0. The average molecular weight is 533 g/mol. The number of aliphatic hydroxyl groups excluding tert-OH is 2. The van der Waals surface area contributed by atoms with Crippen LogP contribution in [-0.2, 0) is 24.6 Å². The fourth-order valence-electron chi connectivity index (χ4n) is 5.32. The van der Waals surface area contributed by atoms with Gasteiger partial charge >= 0.3 is 12.1 Å². The smallest absolute Gasteiger partial charge is 0.480 e. The van der Waals surface area contributed by atoms with E-state index >= 15 is 0 Å². The highest BCUT2D eigenvalue weighted by Gasteiger charge is 2.58. The van der Waals surface area contributed by atoms with Crippen molar-refractivity contribution in [1.29, 1.82) is 5.26 Å². The summed E-state index contributed by atoms with van der Waals surface area (Å²) in [5.41, 5.74) is 2.84. The summed E-state index contributed by atoms with van der Waals surface area (Å²) in [7, 11) is 3.24. The Balaban J connectivity index is 1.43. The summed E-state index contributed by atoms with van der Waals surface area (Å²) in [6.45, 7) is -1.01. The molecule has 38 heavy (non-hydrogen) atoms. The molecule has 1 aliphatic carbocycles. The molecule has 1 unspecified atom stereocenters. The van der Waals surface area contributed by atoms with E-state index in [1.54, 1.807) is 20.2 Å². The van der Waals surface area contributed by atoms with Crippen molar-refractivity contribution >= 4 is 23.5 Å². The molecule has 3 heterocycles. The van der Waals surface area contributed by atoms with Crippen molar-refractivity contribution in [2.24, 2.45) is 5.92 Å². The van der Waals surface area contributed by atoms with Gasteiger partial charge in [0.25, 0.3) is 0 Å². The molecule has 1 saturated heterocycles. The van der Waals surface area contributed by atoms with Crippen molar-refractivity contribution in [3.8, 4) is 6.07 Å². The van der Waals surface area contributed by atoms with Crippen LogP contribution < -0.4 is 5.73 Å². The number of fused-ring (bicyclic) bond motifs is 1. The third-order valence-electron chi connectivity index (χ3n) is 7.64. The molecule has 0 aromatic carbocycles. The number of nitrogens with zero attached hydrogens (tertiary/aromatic N) is 5. The zero-order valence-corrected chi connectivity index (χ0v) is 21.2. The lowest BCUT2D eigenvalue weighted by Crippen LogP contribution is -2.56. The van der Waals surface area contributed by atoms with Crippen LogP contribution in [0.4, 0.5) is 10.6 Å².